The summed E-state index contributed by atoms with van der Waals surface area (Å²) >= 11 is 0. The minimum atomic E-state index is -0.918. The molecule has 3 fully saturated rings. The molecule has 8 heteroatoms. The van der Waals surface area contributed by atoms with Crippen molar-refractivity contribution in [1.82, 2.24) is 14.9 Å². The van der Waals surface area contributed by atoms with E-state index in [9.17, 15) is 14.7 Å². The second-order valence-electron chi connectivity index (χ2n) is 7.16. The number of anilines is 2. The first kappa shape index (κ1) is 15.2. The second-order valence-corrected chi connectivity index (χ2v) is 7.16. The molecule has 128 valence electrons. The van der Waals surface area contributed by atoms with Crippen LogP contribution < -0.4 is 10.6 Å². The van der Waals surface area contributed by atoms with Crippen LogP contribution in [0.15, 0.2) is 12.3 Å². The highest BCUT2D eigenvalue weighted by molar-refractivity contribution is 5.84. The molecule has 1 aromatic heterocycles. The van der Waals surface area contributed by atoms with E-state index in [1.807, 2.05) is 4.90 Å². The van der Waals surface area contributed by atoms with Crippen molar-refractivity contribution in [1.29, 1.82) is 0 Å². The Morgan fingerprint density at radius 1 is 1.29 bits per heavy atom. The summed E-state index contributed by atoms with van der Waals surface area (Å²) in [6.45, 7) is 1.72. The zero-order valence-corrected chi connectivity index (χ0v) is 13.4. The van der Waals surface area contributed by atoms with Crippen LogP contribution in [0.4, 0.5) is 11.8 Å². The topological polar surface area (TPSA) is 113 Å². The Labute approximate surface area is 139 Å². The first-order chi connectivity index (χ1) is 11.5. The number of nitrogens with two attached hydrogens (primary N) is 1. The maximum Gasteiger partial charge on any atom is 0.313 e. The number of nitrogen functional groups attached to an aromatic ring is 1. The van der Waals surface area contributed by atoms with Gasteiger partial charge in [0.25, 0.3) is 0 Å². The largest absolute Gasteiger partial charge is 0.481 e. The minimum Gasteiger partial charge on any atom is -0.481 e. The number of fused-ring (bicyclic) bond motifs is 1. The van der Waals surface area contributed by atoms with Crippen molar-refractivity contribution in [3.05, 3.63) is 12.3 Å². The van der Waals surface area contributed by atoms with Crippen LogP contribution in [0.2, 0.25) is 0 Å². The van der Waals surface area contributed by atoms with Crippen molar-refractivity contribution in [3.8, 4) is 0 Å². The molecule has 8 nitrogen and oxygen atoms in total. The summed E-state index contributed by atoms with van der Waals surface area (Å²) in [6, 6.07) is 1.74. The fourth-order valence-corrected chi connectivity index (χ4v) is 4.16. The lowest BCUT2D eigenvalue weighted by molar-refractivity contribution is -0.149. The number of hydrogen-bond acceptors (Lipinski definition) is 6. The van der Waals surface area contributed by atoms with Gasteiger partial charge in [0.1, 0.15) is 11.2 Å². The van der Waals surface area contributed by atoms with Crippen molar-refractivity contribution in [2.75, 3.05) is 36.8 Å². The highest BCUT2D eigenvalue weighted by Gasteiger charge is 2.59. The molecule has 0 unspecified atom stereocenters. The molecule has 2 saturated heterocycles. The van der Waals surface area contributed by atoms with Gasteiger partial charge in [0.05, 0.1) is 0 Å². The Hall–Kier alpha value is -2.38. The van der Waals surface area contributed by atoms with Gasteiger partial charge in [0.2, 0.25) is 11.9 Å². The molecule has 0 bridgehead atoms. The number of carboxylic acids is 1. The van der Waals surface area contributed by atoms with E-state index in [0.29, 0.717) is 32.0 Å². The smallest absolute Gasteiger partial charge is 0.313 e. The molecule has 4 rings (SSSR count). The lowest BCUT2D eigenvalue weighted by atomic mass is 9.81. The third kappa shape index (κ3) is 2.20. The quantitative estimate of drug-likeness (QED) is 0.814. The Morgan fingerprint density at radius 2 is 2.08 bits per heavy atom. The zero-order chi connectivity index (χ0) is 16.9. The molecule has 3 N–H and O–H groups in total. The average molecular weight is 331 g/mol. The van der Waals surface area contributed by atoms with E-state index < -0.39 is 11.4 Å². The van der Waals surface area contributed by atoms with E-state index in [1.54, 1.807) is 17.2 Å². The normalized spacial score (nSPS) is 29.4. The Bertz CT molecular complexity index is 692. The molecular formula is C16H21N5O3. The first-order valence-corrected chi connectivity index (χ1v) is 8.35. The zero-order valence-electron chi connectivity index (χ0n) is 13.4. The van der Waals surface area contributed by atoms with Crippen LogP contribution in [-0.2, 0) is 9.59 Å². The van der Waals surface area contributed by atoms with Crippen molar-refractivity contribution < 1.29 is 14.7 Å². The number of aromatic nitrogens is 2. The van der Waals surface area contributed by atoms with Crippen molar-refractivity contribution in [2.24, 2.45) is 17.3 Å². The predicted octanol–water partition coefficient (Wildman–Crippen LogP) is 0.208. The first-order valence-electron chi connectivity index (χ1n) is 8.35. The third-order valence-electron chi connectivity index (χ3n) is 5.78. The summed E-state index contributed by atoms with van der Waals surface area (Å²) < 4.78 is 0. The molecule has 0 spiro atoms. The monoisotopic (exact) mass is 331 g/mol. The fraction of sp³-hybridized carbons (Fsp3) is 0.625. The molecule has 24 heavy (non-hydrogen) atoms. The number of amides is 1. The maximum atomic E-state index is 12.5. The van der Waals surface area contributed by atoms with E-state index in [1.165, 1.54) is 0 Å². The number of carbonyl (C=O) groups excluding carboxylic acids is 1. The highest BCUT2D eigenvalue weighted by atomic mass is 16.4. The molecule has 0 aromatic carbocycles. The number of carboxylic acid groups (broad SMARTS) is 1. The number of likely N-dealkylation sites (tertiary alicyclic amines) is 1. The average Bonchev–Trinajstić information content (AvgIpc) is 3.00. The Balaban J connectivity index is 1.55. The number of rotatable bonds is 3. The van der Waals surface area contributed by atoms with Crippen LogP contribution in [0.5, 0.6) is 0 Å². The summed E-state index contributed by atoms with van der Waals surface area (Å²) in [6.07, 6.45) is 4.55. The van der Waals surface area contributed by atoms with Crippen molar-refractivity contribution >= 4 is 23.6 Å². The van der Waals surface area contributed by atoms with Gasteiger partial charge in [0.15, 0.2) is 0 Å². The SMILES string of the molecule is Nc1nccc(N2C[C@H]3CN(C(=O)C4CCC4)C[C@@]3(C(=O)O)C2)n1. The summed E-state index contributed by atoms with van der Waals surface area (Å²) in [5, 5.41) is 9.88. The van der Waals surface area contributed by atoms with Gasteiger partial charge < -0.3 is 20.6 Å². The maximum absolute atomic E-state index is 12.5. The van der Waals surface area contributed by atoms with Crippen LogP contribution in [0.25, 0.3) is 0 Å². The molecule has 1 amide bonds. The predicted molar refractivity (Wildman–Crippen MR) is 86.1 cm³/mol. The molecule has 0 radical (unpaired) electrons. The van der Waals surface area contributed by atoms with E-state index in [2.05, 4.69) is 9.97 Å². The third-order valence-corrected chi connectivity index (χ3v) is 5.78. The van der Waals surface area contributed by atoms with Crippen molar-refractivity contribution in [2.45, 2.75) is 19.3 Å². The van der Waals surface area contributed by atoms with Crippen LogP contribution in [0.3, 0.4) is 0 Å². The van der Waals surface area contributed by atoms with Crippen LogP contribution >= 0.6 is 0 Å². The van der Waals surface area contributed by atoms with Crippen LogP contribution in [0, 0.1) is 17.3 Å². The summed E-state index contributed by atoms with van der Waals surface area (Å²) in [5.41, 5.74) is 4.72. The number of hydrogen-bond donors (Lipinski definition) is 2. The van der Waals surface area contributed by atoms with Crippen molar-refractivity contribution in [3.63, 3.8) is 0 Å². The Morgan fingerprint density at radius 3 is 2.67 bits per heavy atom. The number of carbonyl (C=O) groups is 2. The fourth-order valence-electron chi connectivity index (χ4n) is 4.16. The molecule has 3 heterocycles. The molecular weight excluding hydrogens is 310 g/mol. The molecule has 2 aliphatic heterocycles. The molecule has 1 aromatic rings. The van der Waals surface area contributed by atoms with E-state index in [4.69, 9.17) is 5.73 Å². The number of aliphatic carboxylic acids is 1. The summed E-state index contributed by atoms with van der Waals surface area (Å²) in [7, 11) is 0. The van der Waals surface area contributed by atoms with E-state index >= 15 is 0 Å². The molecule has 3 aliphatic rings. The Kier molecular flexibility index (Phi) is 3.36. The lowest BCUT2D eigenvalue weighted by Gasteiger charge is -2.31. The van der Waals surface area contributed by atoms with Gasteiger partial charge in [-0.05, 0) is 18.9 Å². The van der Waals surface area contributed by atoms with E-state index in [-0.39, 0.29) is 23.7 Å². The molecule has 1 aliphatic carbocycles. The summed E-state index contributed by atoms with van der Waals surface area (Å²) in [5.74, 6) is 0.141. The van der Waals surface area contributed by atoms with Crippen LogP contribution in [0.1, 0.15) is 19.3 Å². The van der Waals surface area contributed by atoms with Gasteiger partial charge in [-0.3, -0.25) is 9.59 Å². The lowest BCUT2D eigenvalue weighted by Crippen LogP contribution is -2.44. The standard InChI is InChI=1S/C16H21N5O3/c17-15-18-5-4-12(19-15)20-6-11-7-21(13(22)10-2-1-3-10)9-16(11,8-20)14(23)24/h4-5,10-11H,1-3,6-9H2,(H,23,24)(H2,17,18,19)/t11-,16-/m0/s1. The summed E-state index contributed by atoms with van der Waals surface area (Å²) in [4.78, 5) is 36.3. The van der Waals surface area contributed by atoms with Crippen LogP contribution in [-0.4, -0.2) is 58.0 Å². The van der Waals surface area contributed by atoms with Gasteiger partial charge in [-0.1, -0.05) is 6.42 Å². The highest BCUT2D eigenvalue weighted by Crippen LogP contribution is 2.45. The minimum absolute atomic E-state index is 0.0878. The van der Waals surface area contributed by atoms with Gasteiger partial charge in [0, 0.05) is 44.2 Å². The van der Waals surface area contributed by atoms with E-state index in [0.717, 1.165) is 19.3 Å². The van der Waals surface area contributed by atoms with Gasteiger partial charge in [-0.15, -0.1) is 0 Å². The molecule has 2 atom stereocenters. The van der Waals surface area contributed by atoms with Gasteiger partial charge in [-0.2, -0.15) is 4.98 Å². The van der Waals surface area contributed by atoms with Gasteiger partial charge >= 0.3 is 5.97 Å². The molecule has 1 saturated carbocycles. The van der Waals surface area contributed by atoms with Gasteiger partial charge in [-0.25, -0.2) is 4.98 Å². The second kappa shape index (κ2) is 5.32. The number of nitrogens with zero attached hydrogens (tertiary/aromatic N) is 4.